The second-order valence-corrected chi connectivity index (χ2v) is 7.19. The predicted molar refractivity (Wildman–Crippen MR) is 103 cm³/mol. The molecule has 0 aromatic heterocycles. The van der Waals surface area contributed by atoms with Crippen LogP contribution < -0.4 is 20.3 Å². The second kappa shape index (κ2) is 9.55. The van der Waals surface area contributed by atoms with E-state index in [0.29, 0.717) is 17.9 Å². The van der Waals surface area contributed by atoms with E-state index < -0.39 is 21.8 Å². The van der Waals surface area contributed by atoms with E-state index in [2.05, 4.69) is 21.5 Å². The molecule has 0 saturated heterocycles. The minimum Gasteiger partial charge on any atom is -0.494 e. The molecule has 0 unspecified atom stereocenters. The van der Waals surface area contributed by atoms with Crippen molar-refractivity contribution in [2.45, 2.75) is 11.8 Å². The number of hydrogen-bond acceptors (Lipinski definition) is 5. The Morgan fingerprint density at radius 2 is 1.68 bits per heavy atom. The lowest BCUT2D eigenvalue weighted by Gasteiger charge is -2.09. The Kier molecular flexibility index (Phi) is 7.14. The van der Waals surface area contributed by atoms with Crippen molar-refractivity contribution in [1.82, 2.24) is 15.6 Å². The monoisotopic (exact) mass is 401 g/mol. The molecule has 146 valence electrons. The van der Waals surface area contributed by atoms with Crippen LogP contribution in [0.15, 0.2) is 53.4 Å². The molecular formula is C19H19N3O5S. The molecule has 2 amide bonds. The van der Waals surface area contributed by atoms with E-state index in [9.17, 15) is 18.0 Å². The van der Waals surface area contributed by atoms with E-state index in [1.54, 1.807) is 24.3 Å². The fraction of sp³-hybridized carbons (Fsp3) is 0.158. The highest BCUT2D eigenvalue weighted by molar-refractivity contribution is 7.89. The highest BCUT2D eigenvalue weighted by atomic mass is 32.2. The third-order valence-corrected chi connectivity index (χ3v) is 4.89. The maximum Gasteiger partial charge on any atom is 0.269 e. The van der Waals surface area contributed by atoms with Gasteiger partial charge in [-0.1, -0.05) is 12.0 Å². The van der Waals surface area contributed by atoms with Gasteiger partial charge in [0.05, 0.1) is 18.0 Å². The normalized spacial score (nSPS) is 10.6. The Morgan fingerprint density at radius 1 is 1.04 bits per heavy atom. The van der Waals surface area contributed by atoms with Crippen molar-refractivity contribution in [3.8, 4) is 18.1 Å². The summed E-state index contributed by atoms with van der Waals surface area (Å²) in [5, 5.41) is 0. The molecule has 0 aliphatic carbocycles. The molecule has 9 heteroatoms. The number of hydrazine groups is 1. The number of benzene rings is 2. The molecule has 0 fully saturated rings. The number of terminal acetylenes is 1. The number of ether oxygens (including phenoxy) is 1. The van der Waals surface area contributed by atoms with Crippen molar-refractivity contribution in [3.63, 3.8) is 0 Å². The lowest BCUT2D eigenvalue weighted by Crippen LogP contribution is -2.41. The standard InChI is InChI=1S/C19H19N3O5S/c1-3-12-20-28(25,26)17-7-5-6-15(13-17)19(24)22-21-18(23)14-8-10-16(11-9-14)27-4-2/h1,5-11,13,20H,4,12H2,2H3,(H,21,23)(H,22,24). The van der Waals surface area contributed by atoms with Gasteiger partial charge in [0.1, 0.15) is 5.75 Å². The summed E-state index contributed by atoms with van der Waals surface area (Å²) in [7, 11) is -3.83. The lowest BCUT2D eigenvalue weighted by atomic mass is 10.2. The molecule has 0 saturated carbocycles. The number of nitrogens with one attached hydrogen (secondary N) is 3. The van der Waals surface area contributed by atoms with Gasteiger partial charge >= 0.3 is 0 Å². The molecule has 0 aliphatic rings. The molecule has 0 radical (unpaired) electrons. The summed E-state index contributed by atoms with van der Waals surface area (Å²) < 4.78 is 31.6. The van der Waals surface area contributed by atoms with Crippen LogP contribution in [0, 0.1) is 12.3 Å². The zero-order valence-electron chi connectivity index (χ0n) is 15.1. The third kappa shape index (κ3) is 5.57. The van der Waals surface area contributed by atoms with Crippen LogP contribution in [0.1, 0.15) is 27.6 Å². The predicted octanol–water partition coefficient (Wildman–Crippen LogP) is 1.07. The van der Waals surface area contributed by atoms with Gasteiger partial charge in [0, 0.05) is 11.1 Å². The summed E-state index contributed by atoms with van der Waals surface area (Å²) in [5.41, 5.74) is 4.88. The smallest absolute Gasteiger partial charge is 0.269 e. The molecule has 3 N–H and O–H groups in total. The van der Waals surface area contributed by atoms with Crippen LogP contribution in [0.2, 0.25) is 0 Å². The summed E-state index contributed by atoms with van der Waals surface area (Å²) in [5.74, 6) is 1.58. The van der Waals surface area contributed by atoms with Gasteiger partial charge in [-0.25, -0.2) is 8.42 Å². The minimum absolute atomic E-state index is 0.0515. The Balaban J connectivity index is 2.02. The van der Waals surface area contributed by atoms with Gasteiger partial charge in [-0.3, -0.25) is 20.4 Å². The van der Waals surface area contributed by atoms with Crippen molar-refractivity contribution in [2.75, 3.05) is 13.2 Å². The number of carbonyl (C=O) groups excluding carboxylic acids is 2. The van der Waals surface area contributed by atoms with Crippen molar-refractivity contribution in [1.29, 1.82) is 0 Å². The van der Waals surface area contributed by atoms with E-state index in [1.165, 1.54) is 24.3 Å². The van der Waals surface area contributed by atoms with Crippen LogP contribution in [0.4, 0.5) is 0 Å². The van der Waals surface area contributed by atoms with Crippen LogP contribution in [0.5, 0.6) is 5.75 Å². The molecule has 2 aromatic carbocycles. The van der Waals surface area contributed by atoms with E-state index in [-0.39, 0.29) is 17.0 Å². The Labute approximate surface area is 163 Å². The maximum atomic E-state index is 12.2. The third-order valence-electron chi connectivity index (χ3n) is 3.49. The maximum absolute atomic E-state index is 12.2. The topological polar surface area (TPSA) is 114 Å². The van der Waals surface area contributed by atoms with E-state index >= 15 is 0 Å². The number of sulfonamides is 1. The molecule has 2 aromatic rings. The largest absolute Gasteiger partial charge is 0.494 e. The molecule has 0 spiro atoms. The lowest BCUT2D eigenvalue weighted by molar-refractivity contribution is 0.0846. The van der Waals surface area contributed by atoms with Crippen LogP contribution >= 0.6 is 0 Å². The fourth-order valence-corrected chi connectivity index (χ4v) is 3.13. The van der Waals surface area contributed by atoms with Gasteiger partial charge in [-0.05, 0) is 49.4 Å². The zero-order valence-corrected chi connectivity index (χ0v) is 15.9. The van der Waals surface area contributed by atoms with Crippen molar-refractivity contribution in [3.05, 3.63) is 59.7 Å². The van der Waals surface area contributed by atoms with E-state index in [4.69, 9.17) is 11.2 Å². The number of rotatable bonds is 7. The average Bonchev–Trinajstić information content (AvgIpc) is 2.71. The Bertz CT molecular complexity index is 995. The summed E-state index contributed by atoms with van der Waals surface area (Å²) in [4.78, 5) is 24.2. The number of carbonyl (C=O) groups is 2. The van der Waals surface area contributed by atoms with Crippen LogP contribution in [-0.2, 0) is 10.0 Å². The van der Waals surface area contributed by atoms with Gasteiger partial charge in [0.15, 0.2) is 0 Å². The van der Waals surface area contributed by atoms with Crippen molar-refractivity contribution < 1.29 is 22.7 Å². The number of amides is 2. The summed E-state index contributed by atoms with van der Waals surface area (Å²) >= 11 is 0. The molecule has 0 heterocycles. The molecule has 0 bridgehead atoms. The van der Waals surface area contributed by atoms with E-state index in [1.807, 2.05) is 6.92 Å². The molecular weight excluding hydrogens is 382 g/mol. The van der Waals surface area contributed by atoms with Crippen molar-refractivity contribution in [2.24, 2.45) is 0 Å². The van der Waals surface area contributed by atoms with Gasteiger partial charge in [-0.15, -0.1) is 6.42 Å². The van der Waals surface area contributed by atoms with Gasteiger partial charge in [0.2, 0.25) is 10.0 Å². The number of hydrogen-bond donors (Lipinski definition) is 3. The molecule has 0 atom stereocenters. The fourth-order valence-electron chi connectivity index (χ4n) is 2.15. The SMILES string of the molecule is C#CCNS(=O)(=O)c1cccc(C(=O)NNC(=O)c2ccc(OCC)cc2)c1. The highest BCUT2D eigenvalue weighted by Gasteiger charge is 2.16. The molecule has 0 aliphatic heterocycles. The first-order chi connectivity index (χ1) is 13.4. The molecule has 2 rings (SSSR count). The molecule has 28 heavy (non-hydrogen) atoms. The second-order valence-electron chi connectivity index (χ2n) is 5.42. The van der Waals surface area contributed by atoms with Crippen LogP contribution in [-0.4, -0.2) is 33.4 Å². The quantitative estimate of drug-likeness (QED) is 0.474. The zero-order chi connectivity index (χ0) is 20.6. The van der Waals surface area contributed by atoms with Crippen LogP contribution in [0.25, 0.3) is 0 Å². The first kappa shape index (κ1) is 21.0. The molecule has 8 nitrogen and oxygen atoms in total. The minimum atomic E-state index is -3.83. The first-order valence-electron chi connectivity index (χ1n) is 8.24. The Morgan fingerprint density at radius 3 is 2.29 bits per heavy atom. The highest BCUT2D eigenvalue weighted by Crippen LogP contribution is 2.13. The summed E-state index contributed by atoms with van der Waals surface area (Å²) in [6.45, 7) is 2.19. The average molecular weight is 401 g/mol. The van der Waals surface area contributed by atoms with Crippen molar-refractivity contribution >= 4 is 21.8 Å². The summed E-state index contributed by atoms with van der Waals surface area (Å²) in [6, 6.07) is 11.7. The van der Waals surface area contributed by atoms with Crippen LogP contribution in [0.3, 0.4) is 0 Å². The Hall–Kier alpha value is -3.35. The van der Waals surface area contributed by atoms with E-state index in [0.717, 1.165) is 0 Å². The van der Waals surface area contributed by atoms with Gasteiger partial charge in [0.25, 0.3) is 11.8 Å². The van der Waals surface area contributed by atoms with Gasteiger partial charge < -0.3 is 4.74 Å². The first-order valence-corrected chi connectivity index (χ1v) is 9.72. The summed E-state index contributed by atoms with van der Waals surface area (Å²) in [6.07, 6.45) is 5.04. The van der Waals surface area contributed by atoms with Gasteiger partial charge in [-0.2, -0.15) is 4.72 Å².